The van der Waals surface area contributed by atoms with Gasteiger partial charge in [-0.3, -0.25) is 9.59 Å². The quantitative estimate of drug-likeness (QED) is 0.338. The number of hydrogen-bond donors (Lipinski definition) is 2. The summed E-state index contributed by atoms with van der Waals surface area (Å²) in [5.74, 6) is -1.84. The number of carbonyl (C=O) groups is 3. The fourth-order valence-corrected chi connectivity index (χ4v) is 6.09. The Hall–Kier alpha value is -0.230. The molecule has 2 amide bonds. The van der Waals surface area contributed by atoms with Crippen molar-refractivity contribution < 1.29 is 86.0 Å². The molecule has 0 bridgehead atoms. The number of fused-ring (bicyclic) bond motifs is 1. The van der Waals surface area contributed by atoms with Gasteiger partial charge in [0.15, 0.2) is 0 Å². The van der Waals surface area contributed by atoms with Crippen molar-refractivity contribution in [3.05, 3.63) is 39.6 Å². The number of benzene rings is 1. The van der Waals surface area contributed by atoms with Crippen LogP contribution in [0, 0.1) is 6.92 Å². The molecule has 0 radical (unpaired) electrons. The van der Waals surface area contributed by atoms with Crippen LogP contribution in [0.25, 0.3) is 11.3 Å². The third-order valence-corrected chi connectivity index (χ3v) is 7.45. The number of aryl methyl sites for hydroxylation is 1. The van der Waals surface area contributed by atoms with E-state index in [4.69, 9.17) is 27.7 Å². The summed E-state index contributed by atoms with van der Waals surface area (Å²) in [7, 11) is 0. The number of thioether (sulfide) groups is 1. The molecule has 1 aromatic heterocycles. The second-order valence-corrected chi connectivity index (χ2v) is 10.2. The molecule has 3 heterocycles. The van der Waals surface area contributed by atoms with Gasteiger partial charge in [-0.1, -0.05) is 34.4 Å². The van der Waals surface area contributed by atoms with Gasteiger partial charge in [0.25, 0.3) is 5.91 Å². The predicted molar refractivity (Wildman–Crippen MR) is 114 cm³/mol. The normalized spacial score (nSPS) is 22.8. The summed E-state index contributed by atoms with van der Waals surface area (Å²) in [6.45, 7) is 5.10. The summed E-state index contributed by atoms with van der Waals surface area (Å²) in [6.07, 6.45) is 0. The number of hydrogen-bond acceptors (Lipinski definition) is 6. The van der Waals surface area contributed by atoms with Gasteiger partial charge in [0.05, 0.1) is 10.0 Å². The fraction of sp³-hybridized carbons (Fsp3) is 0.368. The summed E-state index contributed by atoms with van der Waals surface area (Å²) in [4.78, 5) is 38.7. The maximum Gasteiger partial charge on any atom is 1.00 e. The minimum absolute atomic E-state index is 0. The Morgan fingerprint density at radius 2 is 1.88 bits per heavy atom. The van der Waals surface area contributed by atoms with Crippen LogP contribution >= 0.6 is 35.0 Å². The molecule has 0 aliphatic carbocycles. The van der Waals surface area contributed by atoms with Crippen molar-refractivity contribution in [1.82, 2.24) is 15.4 Å². The van der Waals surface area contributed by atoms with Gasteiger partial charge in [-0.05, 0) is 32.9 Å². The van der Waals surface area contributed by atoms with Crippen LogP contribution < -0.4 is 64.4 Å². The third-order valence-electron chi connectivity index (χ3n) is 5.25. The standard InChI is InChI=1S/C19H17Cl2N3O5S.2Na.2H/c1-7-10(12(23-29-7)11-8(20)5-4-6-9(11)21)15(25)22-13-16(26)24-14(18(27)28)19(2,3)30-17(13)24;;;;/h4-6,13-14,17H,1-3H3,(H,22,25)(H,27,28);;;;/q;2*+1;2*-1/t13-,14+,17-;;;;/m1..../s1. The maximum absolute atomic E-state index is 13.1. The van der Waals surface area contributed by atoms with Crippen LogP contribution in [0.2, 0.25) is 10.0 Å². The largest absolute Gasteiger partial charge is 1.00 e. The average molecular weight is 518 g/mol. The molecular weight excluding hydrogens is 499 g/mol. The molecule has 2 saturated heterocycles. The topological polar surface area (TPSA) is 113 Å². The number of aromatic nitrogens is 1. The Morgan fingerprint density at radius 1 is 1.28 bits per heavy atom. The van der Waals surface area contributed by atoms with Crippen LogP contribution in [0.15, 0.2) is 22.7 Å². The Labute approximate surface area is 245 Å². The first kappa shape index (κ1) is 28.0. The van der Waals surface area contributed by atoms with Gasteiger partial charge in [-0.2, -0.15) is 0 Å². The Kier molecular flexibility index (Phi) is 8.91. The van der Waals surface area contributed by atoms with E-state index in [0.29, 0.717) is 15.6 Å². The molecule has 2 fully saturated rings. The Morgan fingerprint density at radius 3 is 2.44 bits per heavy atom. The number of nitrogens with zero attached hydrogens (tertiary/aromatic N) is 2. The van der Waals surface area contributed by atoms with Crippen LogP contribution in [0.1, 0.15) is 32.8 Å². The zero-order chi connectivity index (χ0) is 22.0. The van der Waals surface area contributed by atoms with Gasteiger partial charge in [-0.15, -0.1) is 11.8 Å². The molecule has 13 heteroatoms. The van der Waals surface area contributed by atoms with Crippen molar-refractivity contribution >= 4 is 52.7 Å². The molecule has 1 aromatic carbocycles. The van der Waals surface area contributed by atoms with Crippen LogP contribution in [0.5, 0.6) is 0 Å². The summed E-state index contributed by atoms with van der Waals surface area (Å²) < 4.78 is 4.52. The number of carboxylic acid groups (broad SMARTS) is 1. The number of carbonyl (C=O) groups excluding carboxylic acids is 2. The summed E-state index contributed by atoms with van der Waals surface area (Å²) in [6, 6.07) is 3.09. The van der Waals surface area contributed by atoms with Gasteiger partial charge >= 0.3 is 65.1 Å². The van der Waals surface area contributed by atoms with Crippen molar-refractivity contribution in [2.45, 2.75) is 43.0 Å². The van der Waals surface area contributed by atoms with Gasteiger partial charge < -0.3 is 22.7 Å². The third kappa shape index (κ3) is 4.53. The van der Waals surface area contributed by atoms with Crippen LogP contribution in [0.4, 0.5) is 0 Å². The smallest absolute Gasteiger partial charge is 1.00 e. The minimum Gasteiger partial charge on any atom is -1.00 e. The van der Waals surface area contributed by atoms with Crippen molar-refractivity contribution in [3.8, 4) is 11.3 Å². The number of carboxylic acids is 1. The van der Waals surface area contributed by atoms with Crippen molar-refractivity contribution in [3.63, 3.8) is 0 Å². The van der Waals surface area contributed by atoms with Gasteiger partial charge in [0, 0.05) is 10.3 Å². The monoisotopic (exact) mass is 517 g/mol. The molecule has 2 N–H and O–H groups in total. The first-order chi connectivity index (χ1) is 14.0. The molecular formula is C19H19Cl2N3Na2O5S. The van der Waals surface area contributed by atoms with E-state index in [9.17, 15) is 19.5 Å². The molecule has 8 nitrogen and oxygen atoms in total. The van der Waals surface area contributed by atoms with Crippen molar-refractivity contribution in [1.29, 1.82) is 0 Å². The van der Waals surface area contributed by atoms with Gasteiger partial charge in [0.1, 0.15) is 34.5 Å². The minimum atomic E-state index is -1.07. The van der Waals surface area contributed by atoms with E-state index in [2.05, 4.69) is 10.5 Å². The van der Waals surface area contributed by atoms with Gasteiger partial charge in [0.2, 0.25) is 5.91 Å². The zero-order valence-corrected chi connectivity index (χ0v) is 24.4. The molecule has 0 saturated carbocycles. The molecule has 4 rings (SSSR count). The number of aliphatic carboxylic acids is 1. The van der Waals surface area contributed by atoms with E-state index in [1.807, 2.05) is 0 Å². The molecule has 32 heavy (non-hydrogen) atoms. The number of nitrogens with one attached hydrogen (secondary N) is 1. The van der Waals surface area contributed by atoms with E-state index in [1.165, 1.54) is 16.7 Å². The SMILES string of the molecule is Cc1onc(-c2c(Cl)cccc2Cl)c1C(=O)N[C@@H]1C(=O)N2[C@@H]1SC(C)(C)[C@@H]2C(=O)O.[H-].[H-].[Na+].[Na+]. The van der Waals surface area contributed by atoms with Crippen molar-refractivity contribution in [2.24, 2.45) is 0 Å². The van der Waals surface area contributed by atoms with Crippen LogP contribution in [-0.4, -0.2) is 55.2 Å². The molecule has 0 spiro atoms. The zero-order valence-electron chi connectivity index (χ0n) is 20.1. The van der Waals surface area contributed by atoms with E-state index in [-0.39, 0.29) is 79.0 Å². The number of amides is 2. The molecule has 0 unspecified atom stereocenters. The van der Waals surface area contributed by atoms with E-state index in [0.717, 1.165) is 0 Å². The Bertz CT molecular complexity index is 1090. The first-order valence-electron chi connectivity index (χ1n) is 8.99. The van der Waals surface area contributed by atoms with E-state index >= 15 is 0 Å². The molecule has 2 aliphatic rings. The summed E-state index contributed by atoms with van der Waals surface area (Å²) >= 11 is 13.8. The van der Waals surface area contributed by atoms with E-state index in [1.54, 1.807) is 39.0 Å². The first-order valence-corrected chi connectivity index (χ1v) is 10.6. The van der Waals surface area contributed by atoms with Gasteiger partial charge in [-0.25, -0.2) is 4.79 Å². The molecule has 162 valence electrons. The average Bonchev–Trinajstić information content (AvgIpc) is 3.14. The predicted octanol–water partition coefficient (Wildman–Crippen LogP) is -2.56. The maximum atomic E-state index is 13.1. The summed E-state index contributed by atoms with van der Waals surface area (Å²) in [5, 5.41) is 16.3. The molecule has 2 aliphatic heterocycles. The van der Waals surface area contributed by atoms with Crippen molar-refractivity contribution in [2.75, 3.05) is 0 Å². The second-order valence-electron chi connectivity index (χ2n) is 7.61. The fourth-order valence-electron chi connectivity index (χ4n) is 3.89. The number of halogens is 2. The summed E-state index contributed by atoms with van der Waals surface area (Å²) in [5.41, 5.74) is 0.645. The second kappa shape index (κ2) is 10.2. The van der Waals surface area contributed by atoms with Crippen LogP contribution in [0.3, 0.4) is 0 Å². The molecule has 3 atom stereocenters. The van der Waals surface area contributed by atoms with Crippen LogP contribution in [-0.2, 0) is 9.59 Å². The Balaban J connectivity index is 0.00000272. The van der Waals surface area contributed by atoms with E-state index < -0.39 is 40.0 Å². The number of β-lactam (4-membered cyclic amide) rings is 1. The number of rotatable bonds is 4. The molecule has 2 aromatic rings.